The summed E-state index contributed by atoms with van der Waals surface area (Å²) in [4.78, 5) is 12.7. The van der Waals surface area contributed by atoms with Crippen LogP contribution in [0.25, 0.3) is 0 Å². The molecule has 0 spiro atoms. The lowest BCUT2D eigenvalue weighted by molar-refractivity contribution is 0.103. The Hall–Kier alpha value is -1.27. The van der Waals surface area contributed by atoms with E-state index in [0.29, 0.717) is 40.9 Å². The monoisotopic (exact) mass is 414 g/mol. The van der Waals surface area contributed by atoms with Crippen molar-refractivity contribution >= 4 is 40.0 Å². The van der Waals surface area contributed by atoms with Gasteiger partial charge in [0.05, 0.1) is 18.2 Å². The van der Waals surface area contributed by atoms with Gasteiger partial charge >= 0.3 is 0 Å². The fourth-order valence-corrected chi connectivity index (χ4v) is 3.02. The molecule has 3 nitrogen and oxygen atoms in total. The standard InChI is InChI=1S/C16H12ClIO3/c17-12-9-15-14(20-6-3-7-21-15)8-11(12)16(19)10-4-1-2-5-13(10)18/h1-2,4-5,8-9H,3,6-7H2. The van der Waals surface area contributed by atoms with Gasteiger partial charge in [0.1, 0.15) is 0 Å². The molecule has 0 N–H and O–H groups in total. The third kappa shape index (κ3) is 3.01. The first-order valence-corrected chi connectivity index (χ1v) is 8.01. The molecule has 2 aromatic rings. The first kappa shape index (κ1) is 14.7. The highest BCUT2D eigenvalue weighted by atomic mass is 127. The first-order valence-electron chi connectivity index (χ1n) is 6.55. The van der Waals surface area contributed by atoms with E-state index in [2.05, 4.69) is 22.6 Å². The summed E-state index contributed by atoms with van der Waals surface area (Å²) in [5.74, 6) is 1.06. The van der Waals surface area contributed by atoms with E-state index in [1.165, 1.54) is 0 Å². The summed E-state index contributed by atoms with van der Waals surface area (Å²) in [6.07, 6.45) is 0.812. The van der Waals surface area contributed by atoms with Crippen LogP contribution in [-0.4, -0.2) is 19.0 Å². The largest absolute Gasteiger partial charge is 0.490 e. The lowest BCUT2D eigenvalue weighted by Crippen LogP contribution is -2.05. The van der Waals surface area contributed by atoms with Gasteiger partial charge in [0, 0.05) is 27.2 Å². The highest BCUT2D eigenvalue weighted by molar-refractivity contribution is 14.1. The van der Waals surface area contributed by atoms with Crippen molar-refractivity contribution in [2.45, 2.75) is 6.42 Å². The predicted molar refractivity (Wildman–Crippen MR) is 89.7 cm³/mol. The molecular formula is C16H12ClIO3. The van der Waals surface area contributed by atoms with E-state index in [-0.39, 0.29) is 5.78 Å². The minimum Gasteiger partial charge on any atom is -0.490 e. The Morgan fingerprint density at radius 3 is 2.43 bits per heavy atom. The molecule has 0 saturated carbocycles. The topological polar surface area (TPSA) is 35.5 Å². The summed E-state index contributed by atoms with van der Waals surface area (Å²) < 4.78 is 12.1. The van der Waals surface area contributed by atoms with Gasteiger partial charge in [-0.1, -0.05) is 23.7 Å². The van der Waals surface area contributed by atoms with E-state index in [1.54, 1.807) is 18.2 Å². The molecule has 21 heavy (non-hydrogen) atoms. The van der Waals surface area contributed by atoms with Crippen LogP contribution in [0.1, 0.15) is 22.3 Å². The molecule has 0 amide bonds. The second kappa shape index (κ2) is 6.23. The fraction of sp³-hybridized carbons (Fsp3) is 0.188. The Balaban J connectivity index is 2.05. The highest BCUT2D eigenvalue weighted by Gasteiger charge is 2.20. The normalized spacial score (nSPS) is 13.6. The van der Waals surface area contributed by atoms with Crippen molar-refractivity contribution in [3.8, 4) is 11.5 Å². The number of benzene rings is 2. The molecule has 0 aliphatic carbocycles. The Morgan fingerprint density at radius 1 is 1.05 bits per heavy atom. The lowest BCUT2D eigenvalue weighted by Gasteiger charge is -2.11. The maximum absolute atomic E-state index is 12.7. The lowest BCUT2D eigenvalue weighted by atomic mass is 10.0. The summed E-state index contributed by atoms with van der Waals surface area (Å²) in [7, 11) is 0. The minimum atomic E-state index is -0.111. The van der Waals surface area contributed by atoms with E-state index in [9.17, 15) is 4.79 Å². The minimum absolute atomic E-state index is 0.111. The second-order valence-corrected chi connectivity index (χ2v) is 6.21. The summed E-state index contributed by atoms with van der Waals surface area (Å²) in [6, 6.07) is 10.8. The smallest absolute Gasteiger partial charge is 0.195 e. The molecule has 108 valence electrons. The number of ketones is 1. The van der Waals surface area contributed by atoms with Crippen molar-refractivity contribution in [1.82, 2.24) is 0 Å². The molecule has 0 aromatic heterocycles. The molecule has 0 atom stereocenters. The van der Waals surface area contributed by atoms with Crippen molar-refractivity contribution in [3.05, 3.63) is 56.1 Å². The number of fused-ring (bicyclic) bond motifs is 1. The molecule has 3 rings (SSSR count). The molecule has 5 heteroatoms. The summed E-state index contributed by atoms with van der Waals surface area (Å²) in [5.41, 5.74) is 1.07. The highest BCUT2D eigenvalue weighted by Crippen LogP contribution is 2.36. The van der Waals surface area contributed by atoms with Gasteiger partial charge in [-0.15, -0.1) is 0 Å². The van der Waals surface area contributed by atoms with Gasteiger partial charge in [-0.3, -0.25) is 4.79 Å². The van der Waals surface area contributed by atoms with Crippen LogP contribution in [0.4, 0.5) is 0 Å². The van der Waals surface area contributed by atoms with Crippen molar-refractivity contribution in [3.63, 3.8) is 0 Å². The van der Waals surface area contributed by atoms with Gasteiger partial charge in [0.2, 0.25) is 0 Å². The predicted octanol–water partition coefficient (Wildman–Crippen LogP) is 4.34. The van der Waals surface area contributed by atoms with Crippen LogP contribution in [0.15, 0.2) is 36.4 Å². The number of ether oxygens (including phenoxy) is 2. The van der Waals surface area contributed by atoms with Crippen molar-refractivity contribution in [2.75, 3.05) is 13.2 Å². The first-order chi connectivity index (χ1) is 10.2. The van der Waals surface area contributed by atoms with E-state index in [4.69, 9.17) is 21.1 Å². The van der Waals surface area contributed by atoms with E-state index in [0.717, 1.165) is 9.99 Å². The van der Waals surface area contributed by atoms with Crippen LogP contribution >= 0.6 is 34.2 Å². The molecule has 0 saturated heterocycles. The van der Waals surface area contributed by atoms with Gasteiger partial charge in [-0.05, 0) is 40.8 Å². The molecule has 0 bridgehead atoms. The summed E-state index contributed by atoms with van der Waals surface area (Å²) in [6.45, 7) is 1.17. The van der Waals surface area contributed by atoms with E-state index >= 15 is 0 Å². The zero-order valence-electron chi connectivity index (χ0n) is 11.1. The molecule has 0 unspecified atom stereocenters. The van der Waals surface area contributed by atoms with Gasteiger partial charge < -0.3 is 9.47 Å². The fourth-order valence-electron chi connectivity index (χ4n) is 2.15. The van der Waals surface area contributed by atoms with Crippen LogP contribution in [0.3, 0.4) is 0 Å². The maximum Gasteiger partial charge on any atom is 0.195 e. The van der Waals surface area contributed by atoms with E-state index < -0.39 is 0 Å². The van der Waals surface area contributed by atoms with Crippen LogP contribution in [-0.2, 0) is 0 Å². The Bertz CT molecular complexity index is 700. The number of hydrogen-bond acceptors (Lipinski definition) is 3. The molecule has 1 aliphatic rings. The number of carbonyl (C=O) groups excluding carboxylic acids is 1. The molecule has 2 aromatic carbocycles. The number of carbonyl (C=O) groups is 1. The molecule has 1 heterocycles. The van der Waals surface area contributed by atoms with Crippen LogP contribution in [0.5, 0.6) is 11.5 Å². The zero-order chi connectivity index (χ0) is 14.8. The second-order valence-electron chi connectivity index (χ2n) is 4.64. The van der Waals surface area contributed by atoms with Gasteiger partial charge in [-0.25, -0.2) is 0 Å². The average Bonchev–Trinajstić information content (AvgIpc) is 2.71. The Morgan fingerprint density at radius 2 is 1.71 bits per heavy atom. The molecule has 1 aliphatic heterocycles. The van der Waals surface area contributed by atoms with Crippen LogP contribution in [0, 0.1) is 3.57 Å². The molecule has 0 radical (unpaired) electrons. The summed E-state index contributed by atoms with van der Waals surface area (Å²) >= 11 is 8.40. The number of hydrogen-bond donors (Lipinski definition) is 0. The Labute approximate surface area is 141 Å². The quantitative estimate of drug-likeness (QED) is 0.542. The number of rotatable bonds is 2. The summed E-state index contributed by atoms with van der Waals surface area (Å²) in [5, 5.41) is 0.379. The molecule has 0 fully saturated rings. The van der Waals surface area contributed by atoms with Crippen molar-refractivity contribution < 1.29 is 14.3 Å². The Kier molecular flexibility index (Phi) is 4.35. The average molecular weight is 415 g/mol. The third-order valence-corrected chi connectivity index (χ3v) is 4.45. The van der Waals surface area contributed by atoms with Gasteiger partial charge in [-0.2, -0.15) is 0 Å². The van der Waals surface area contributed by atoms with Gasteiger partial charge in [0.15, 0.2) is 17.3 Å². The van der Waals surface area contributed by atoms with Crippen molar-refractivity contribution in [1.29, 1.82) is 0 Å². The third-order valence-electron chi connectivity index (χ3n) is 3.20. The van der Waals surface area contributed by atoms with Crippen LogP contribution in [0.2, 0.25) is 5.02 Å². The van der Waals surface area contributed by atoms with Gasteiger partial charge in [0.25, 0.3) is 0 Å². The van der Waals surface area contributed by atoms with E-state index in [1.807, 2.05) is 18.2 Å². The van der Waals surface area contributed by atoms with Crippen molar-refractivity contribution in [2.24, 2.45) is 0 Å². The maximum atomic E-state index is 12.7. The van der Waals surface area contributed by atoms with Crippen LogP contribution < -0.4 is 9.47 Å². The SMILES string of the molecule is O=C(c1cc2c(cc1Cl)OCCCO2)c1ccccc1I. The number of halogens is 2. The zero-order valence-corrected chi connectivity index (χ0v) is 14.0. The molecular weight excluding hydrogens is 403 g/mol.